The van der Waals surface area contributed by atoms with Crippen LogP contribution in [-0.4, -0.2) is 34.6 Å². The van der Waals surface area contributed by atoms with Crippen molar-refractivity contribution in [2.75, 3.05) is 14.2 Å². The minimum Gasteiger partial charge on any atom is -0.496 e. The fraction of sp³-hybridized carbons (Fsp3) is 0.381. The van der Waals surface area contributed by atoms with E-state index in [0.717, 1.165) is 24.0 Å². The molecule has 0 saturated heterocycles. The minimum atomic E-state index is -3.45. The SMILES string of the molecule is COc1cccc(OC)c1CNC(=O)CCc1ccc(S(=O)(=O)NC2CC2)cc1. The summed E-state index contributed by atoms with van der Waals surface area (Å²) in [5, 5.41) is 2.88. The van der Waals surface area contributed by atoms with E-state index in [1.807, 2.05) is 18.2 Å². The van der Waals surface area contributed by atoms with Gasteiger partial charge < -0.3 is 14.8 Å². The second-order valence-electron chi connectivity index (χ2n) is 6.96. The van der Waals surface area contributed by atoms with E-state index in [9.17, 15) is 13.2 Å². The first-order chi connectivity index (χ1) is 13.9. The lowest BCUT2D eigenvalue weighted by Gasteiger charge is -2.13. The molecule has 0 aliphatic heterocycles. The van der Waals surface area contributed by atoms with Gasteiger partial charge in [0.05, 0.1) is 31.2 Å². The lowest BCUT2D eigenvalue weighted by atomic mass is 10.1. The predicted octanol–water partition coefficient (Wildman–Crippen LogP) is 2.39. The van der Waals surface area contributed by atoms with Crippen LogP contribution in [0.15, 0.2) is 47.4 Å². The first-order valence-corrected chi connectivity index (χ1v) is 11.0. The first kappa shape index (κ1) is 21.1. The smallest absolute Gasteiger partial charge is 0.240 e. The van der Waals surface area contributed by atoms with Gasteiger partial charge in [-0.2, -0.15) is 0 Å². The Balaban J connectivity index is 1.52. The Morgan fingerprint density at radius 1 is 1.03 bits per heavy atom. The Morgan fingerprint density at radius 3 is 2.21 bits per heavy atom. The molecule has 0 spiro atoms. The molecule has 29 heavy (non-hydrogen) atoms. The standard InChI is InChI=1S/C21H26N2O5S/c1-27-19-4-3-5-20(28-2)18(19)14-22-21(24)13-8-15-6-11-17(12-7-15)29(25,26)23-16-9-10-16/h3-7,11-12,16,23H,8-10,13-14H2,1-2H3,(H,22,24). The van der Waals surface area contributed by atoms with Crippen molar-refractivity contribution < 1.29 is 22.7 Å². The van der Waals surface area contributed by atoms with Crippen molar-refractivity contribution >= 4 is 15.9 Å². The molecule has 1 fully saturated rings. The van der Waals surface area contributed by atoms with E-state index in [1.54, 1.807) is 38.5 Å². The van der Waals surface area contributed by atoms with Crippen LogP contribution in [0.1, 0.15) is 30.4 Å². The molecule has 1 amide bonds. The van der Waals surface area contributed by atoms with E-state index in [4.69, 9.17) is 9.47 Å². The van der Waals surface area contributed by atoms with Crippen LogP contribution in [-0.2, 0) is 27.8 Å². The summed E-state index contributed by atoms with van der Waals surface area (Å²) in [6, 6.07) is 12.2. The second kappa shape index (κ2) is 9.28. The molecule has 7 nitrogen and oxygen atoms in total. The number of hydrogen-bond donors (Lipinski definition) is 2. The van der Waals surface area contributed by atoms with Crippen molar-refractivity contribution in [2.24, 2.45) is 0 Å². The van der Waals surface area contributed by atoms with E-state index in [-0.39, 0.29) is 16.8 Å². The van der Waals surface area contributed by atoms with Crippen molar-refractivity contribution in [3.63, 3.8) is 0 Å². The average Bonchev–Trinajstić information content (AvgIpc) is 3.53. The maximum atomic E-state index is 12.2. The quantitative estimate of drug-likeness (QED) is 0.618. The molecule has 8 heteroatoms. The predicted molar refractivity (Wildman–Crippen MR) is 109 cm³/mol. The number of carbonyl (C=O) groups excluding carboxylic acids is 1. The van der Waals surface area contributed by atoms with Gasteiger partial charge in [0, 0.05) is 12.5 Å². The summed E-state index contributed by atoms with van der Waals surface area (Å²) < 4.78 is 37.7. The van der Waals surface area contributed by atoms with Gasteiger partial charge in [0.25, 0.3) is 0 Å². The Morgan fingerprint density at radius 2 is 1.66 bits per heavy atom. The van der Waals surface area contributed by atoms with E-state index in [1.165, 1.54) is 0 Å². The van der Waals surface area contributed by atoms with Crippen LogP contribution in [0.5, 0.6) is 11.5 Å². The highest BCUT2D eigenvalue weighted by atomic mass is 32.2. The molecule has 0 radical (unpaired) electrons. The zero-order valence-electron chi connectivity index (χ0n) is 16.6. The van der Waals surface area contributed by atoms with Gasteiger partial charge in [-0.25, -0.2) is 13.1 Å². The third-order valence-corrected chi connectivity index (χ3v) is 6.30. The number of benzene rings is 2. The van der Waals surface area contributed by atoms with Gasteiger partial charge in [-0.1, -0.05) is 18.2 Å². The van der Waals surface area contributed by atoms with E-state index in [0.29, 0.717) is 30.9 Å². The molecule has 3 rings (SSSR count). The van der Waals surface area contributed by atoms with Crippen molar-refractivity contribution in [1.29, 1.82) is 0 Å². The molecule has 0 atom stereocenters. The molecule has 156 valence electrons. The zero-order valence-corrected chi connectivity index (χ0v) is 17.4. The highest BCUT2D eigenvalue weighted by molar-refractivity contribution is 7.89. The third-order valence-electron chi connectivity index (χ3n) is 4.77. The van der Waals surface area contributed by atoms with Crippen LogP contribution >= 0.6 is 0 Å². The molecule has 1 aliphatic rings. The molecule has 0 unspecified atom stereocenters. The number of aryl methyl sites for hydroxylation is 1. The Hall–Kier alpha value is -2.58. The molecular formula is C21H26N2O5S. The van der Waals surface area contributed by atoms with E-state index >= 15 is 0 Å². The number of amides is 1. The van der Waals surface area contributed by atoms with Gasteiger partial charge >= 0.3 is 0 Å². The number of methoxy groups -OCH3 is 2. The van der Waals surface area contributed by atoms with Crippen LogP contribution in [0.4, 0.5) is 0 Å². The number of rotatable bonds is 10. The van der Waals surface area contributed by atoms with Crippen molar-refractivity contribution in [3.05, 3.63) is 53.6 Å². The van der Waals surface area contributed by atoms with Crippen molar-refractivity contribution in [3.8, 4) is 11.5 Å². The van der Waals surface area contributed by atoms with Gasteiger partial charge in [-0.15, -0.1) is 0 Å². The summed E-state index contributed by atoms with van der Waals surface area (Å²) >= 11 is 0. The summed E-state index contributed by atoms with van der Waals surface area (Å²) in [5.74, 6) is 1.20. The van der Waals surface area contributed by atoms with Crippen molar-refractivity contribution in [1.82, 2.24) is 10.0 Å². The Labute approximate surface area is 171 Å². The summed E-state index contributed by atoms with van der Waals surface area (Å²) in [6.45, 7) is 0.302. The van der Waals surface area contributed by atoms with Gasteiger partial charge in [0.2, 0.25) is 15.9 Å². The summed E-state index contributed by atoms with van der Waals surface area (Å²) in [6.07, 6.45) is 2.61. The molecular weight excluding hydrogens is 392 g/mol. The fourth-order valence-corrected chi connectivity index (χ4v) is 4.26. The topological polar surface area (TPSA) is 93.7 Å². The Kier molecular flexibility index (Phi) is 6.76. The maximum absolute atomic E-state index is 12.2. The van der Waals surface area contributed by atoms with Gasteiger partial charge in [-0.05, 0) is 49.1 Å². The fourth-order valence-electron chi connectivity index (χ4n) is 2.96. The minimum absolute atomic E-state index is 0.0743. The first-order valence-electron chi connectivity index (χ1n) is 9.51. The number of carbonyl (C=O) groups is 1. The summed E-state index contributed by atoms with van der Waals surface area (Å²) in [5.41, 5.74) is 1.68. The lowest BCUT2D eigenvalue weighted by molar-refractivity contribution is -0.121. The van der Waals surface area contributed by atoms with Crippen LogP contribution in [0.2, 0.25) is 0 Å². The number of ether oxygens (including phenoxy) is 2. The molecule has 1 aliphatic carbocycles. The van der Waals surface area contributed by atoms with Crippen LogP contribution in [0, 0.1) is 0 Å². The monoisotopic (exact) mass is 418 g/mol. The van der Waals surface area contributed by atoms with Crippen LogP contribution in [0.25, 0.3) is 0 Å². The molecule has 2 aromatic rings. The summed E-state index contributed by atoms with van der Waals surface area (Å²) in [7, 11) is -0.304. The van der Waals surface area contributed by atoms with Gasteiger partial charge in [-0.3, -0.25) is 4.79 Å². The Bertz CT molecular complexity index is 931. The molecule has 0 heterocycles. The van der Waals surface area contributed by atoms with E-state index < -0.39 is 10.0 Å². The molecule has 0 aromatic heterocycles. The largest absolute Gasteiger partial charge is 0.496 e. The molecule has 2 aromatic carbocycles. The van der Waals surface area contributed by atoms with Gasteiger partial charge in [0.15, 0.2) is 0 Å². The number of sulfonamides is 1. The highest BCUT2D eigenvalue weighted by Crippen LogP contribution is 2.28. The molecule has 0 bridgehead atoms. The summed E-state index contributed by atoms with van der Waals surface area (Å²) in [4.78, 5) is 12.5. The zero-order chi connectivity index (χ0) is 20.9. The van der Waals surface area contributed by atoms with Crippen LogP contribution in [0.3, 0.4) is 0 Å². The second-order valence-corrected chi connectivity index (χ2v) is 8.67. The van der Waals surface area contributed by atoms with Crippen LogP contribution < -0.4 is 19.5 Å². The highest BCUT2D eigenvalue weighted by Gasteiger charge is 2.27. The molecule has 1 saturated carbocycles. The normalized spacial score (nSPS) is 13.7. The van der Waals surface area contributed by atoms with E-state index in [2.05, 4.69) is 10.0 Å². The average molecular weight is 419 g/mol. The molecule has 2 N–H and O–H groups in total. The third kappa shape index (κ3) is 5.71. The number of nitrogens with one attached hydrogen (secondary N) is 2. The lowest BCUT2D eigenvalue weighted by Crippen LogP contribution is -2.25. The number of hydrogen-bond acceptors (Lipinski definition) is 5. The maximum Gasteiger partial charge on any atom is 0.240 e. The van der Waals surface area contributed by atoms with Crippen molar-refractivity contribution in [2.45, 2.75) is 43.2 Å². The van der Waals surface area contributed by atoms with Gasteiger partial charge in [0.1, 0.15) is 11.5 Å².